The van der Waals surface area contributed by atoms with Gasteiger partial charge in [-0.25, -0.2) is 4.39 Å². The van der Waals surface area contributed by atoms with Gasteiger partial charge in [-0.2, -0.15) is 0 Å². The first kappa shape index (κ1) is 23.5. The first-order valence-electron chi connectivity index (χ1n) is 10.7. The van der Waals surface area contributed by atoms with Crippen molar-refractivity contribution in [3.05, 3.63) is 71.0 Å². The van der Waals surface area contributed by atoms with Crippen molar-refractivity contribution < 1.29 is 28.6 Å². The highest BCUT2D eigenvalue weighted by atomic mass is 19.1. The molecule has 1 atom stereocenters. The molecule has 1 N–H and O–H groups in total. The maximum atomic E-state index is 14.7. The van der Waals surface area contributed by atoms with E-state index in [1.54, 1.807) is 30.3 Å². The zero-order chi connectivity index (χ0) is 23.1. The smallest absolute Gasteiger partial charge is 0.295 e. The summed E-state index contributed by atoms with van der Waals surface area (Å²) in [5, 5.41) is 11.1. The number of carbonyl (C=O) groups excluding carboxylic acids is 2. The number of aliphatic hydroxyl groups excluding tert-OH is 1. The summed E-state index contributed by atoms with van der Waals surface area (Å²) in [6.45, 7) is 3.15. The molecule has 1 fully saturated rings. The Hall–Kier alpha value is -3.19. The highest BCUT2D eigenvalue weighted by molar-refractivity contribution is 6.46. The van der Waals surface area contributed by atoms with E-state index in [4.69, 9.17) is 9.47 Å². The average molecular weight is 441 g/mol. The van der Waals surface area contributed by atoms with Crippen molar-refractivity contribution in [2.45, 2.75) is 32.2 Å². The van der Waals surface area contributed by atoms with Gasteiger partial charge in [0.1, 0.15) is 17.3 Å². The van der Waals surface area contributed by atoms with Gasteiger partial charge in [-0.3, -0.25) is 9.59 Å². The number of halogens is 1. The van der Waals surface area contributed by atoms with Crippen molar-refractivity contribution in [2.75, 3.05) is 26.9 Å². The quantitative estimate of drug-likeness (QED) is 0.255. The van der Waals surface area contributed by atoms with Gasteiger partial charge in [0.15, 0.2) is 0 Å². The highest BCUT2D eigenvalue weighted by Crippen LogP contribution is 2.40. The van der Waals surface area contributed by atoms with Crippen molar-refractivity contribution in [3.63, 3.8) is 0 Å². The topological polar surface area (TPSA) is 76.1 Å². The molecule has 170 valence electrons. The molecular weight excluding hydrogens is 413 g/mol. The first-order chi connectivity index (χ1) is 15.5. The molecule has 1 heterocycles. The van der Waals surface area contributed by atoms with E-state index in [1.165, 1.54) is 30.2 Å². The number of likely N-dealkylation sites (tertiary alicyclic amines) is 1. The fourth-order valence-electron chi connectivity index (χ4n) is 3.73. The Morgan fingerprint density at radius 1 is 1.09 bits per heavy atom. The summed E-state index contributed by atoms with van der Waals surface area (Å²) < 4.78 is 25.5. The lowest BCUT2D eigenvalue weighted by Gasteiger charge is -2.25. The number of benzene rings is 2. The maximum absolute atomic E-state index is 14.7. The van der Waals surface area contributed by atoms with E-state index >= 15 is 0 Å². The van der Waals surface area contributed by atoms with Gasteiger partial charge in [0, 0.05) is 31.4 Å². The van der Waals surface area contributed by atoms with Crippen LogP contribution in [0.2, 0.25) is 0 Å². The van der Waals surface area contributed by atoms with Crippen LogP contribution in [0.15, 0.2) is 54.1 Å². The summed E-state index contributed by atoms with van der Waals surface area (Å²) in [5.41, 5.74) is 0.347. The van der Waals surface area contributed by atoms with E-state index in [1.807, 2.05) is 0 Å². The molecule has 0 radical (unpaired) electrons. The Balaban J connectivity index is 2.06. The molecule has 1 aliphatic rings. The molecular formula is C25H28FNO5. The third-order valence-electron chi connectivity index (χ3n) is 5.36. The van der Waals surface area contributed by atoms with Crippen LogP contribution in [0, 0.1) is 5.82 Å². The molecule has 2 aromatic carbocycles. The van der Waals surface area contributed by atoms with E-state index in [0.29, 0.717) is 30.9 Å². The first-order valence-corrected chi connectivity index (χ1v) is 10.7. The molecule has 1 amide bonds. The Bertz CT molecular complexity index is 1000. The zero-order valence-electron chi connectivity index (χ0n) is 18.3. The standard InChI is InChI=1S/C25H28FNO5/c1-3-4-15-32-18-10-7-9-17(16-18)23(28)21-22(19-11-5-6-12-20(19)26)27(13-8-14-31-2)25(30)24(21)29/h5-7,9-12,16,22,28H,3-4,8,13-15H2,1-2H3/b23-21+. The third-order valence-corrected chi connectivity index (χ3v) is 5.36. The van der Waals surface area contributed by atoms with Gasteiger partial charge in [-0.05, 0) is 31.0 Å². The second-order valence-corrected chi connectivity index (χ2v) is 7.59. The normalized spacial score (nSPS) is 17.7. The van der Waals surface area contributed by atoms with Crippen molar-refractivity contribution in [2.24, 2.45) is 0 Å². The molecule has 0 bridgehead atoms. The number of aliphatic hydroxyl groups is 1. The van der Waals surface area contributed by atoms with Gasteiger partial charge >= 0.3 is 0 Å². The fraction of sp³-hybridized carbons (Fsp3) is 0.360. The van der Waals surface area contributed by atoms with Gasteiger partial charge < -0.3 is 19.5 Å². The zero-order valence-corrected chi connectivity index (χ0v) is 18.3. The molecule has 0 aliphatic carbocycles. The molecule has 1 saturated heterocycles. The minimum absolute atomic E-state index is 0.136. The Morgan fingerprint density at radius 2 is 1.88 bits per heavy atom. The monoisotopic (exact) mass is 441 g/mol. The van der Waals surface area contributed by atoms with Crippen LogP contribution in [0.25, 0.3) is 5.76 Å². The molecule has 3 rings (SSSR count). The van der Waals surface area contributed by atoms with Crippen LogP contribution >= 0.6 is 0 Å². The van der Waals surface area contributed by atoms with E-state index in [2.05, 4.69) is 6.92 Å². The van der Waals surface area contributed by atoms with Gasteiger partial charge in [-0.15, -0.1) is 0 Å². The summed E-state index contributed by atoms with van der Waals surface area (Å²) >= 11 is 0. The molecule has 1 aliphatic heterocycles. The number of hydrogen-bond donors (Lipinski definition) is 1. The SMILES string of the molecule is CCCCOc1cccc(/C(O)=C2\C(=O)C(=O)N(CCCOC)C2c2ccccc2F)c1. The molecule has 2 aromatic rings. The van der Waals surface area contributed by atoms with E-state index < -0.39 is 23.5 Å². The van der Waals surface area contributed by atoms with Gasteiger partial charge in [0.25, 0.3) is 11.7 Å². The summed E-state index contributed by atoms with van der Waals surface area (Å²) in [6, 6.07) is 11.6. The summed E-state index contributed by atoms with van der Waals surface area (Å²) in [5.74, 6) is -1.98. The number of amides is 1. The highest BCUT2D eigenvalue weighted by Gasteiger charge is 2.46. The number of nitrogens with zero attached hydrogens (tertiary/aromatic N) is 1. The fourth-order valence-corrected chi connectivity index (χ4v) is 3.73. The molecule has 0 aromatic heterocycles. The molecule has 6 nitrogen and oxygen atoms in total. The van der Waals surface area contributed by atoms with Crippen molar-refractivity contribution in [1.29, 1.82) is 0 Å². The second-order valence-electron chi connectivity index (χ2n) is 7.59. The van der Waals surface area contributed by atoms with Gasteiger partial charge in [0.05, 0.1) is 18.2 Å². The van der Waals surface area contributed by atoms with Crippen LogP contribution in [0.1, 0.15) is 43.4 Å². The summed E-state index contributed by atoms with van der Waals surface area (Å²) in [6.07, 6.45) is 2.33. The molecule has 0 saturated carbocycles. The number of ether oxygens (including phenoxy) is 2. The van der Waals surface area contributed by atoms with Crippen LogP contribution in [-0.4, -0.2) is 48.6 Å². The molecule has 1 unspecified atom stereocenters. The van der Waals surface area contributed by atoms with Crippen LogP contribution in [0.4, 0.5) is 4.39 Å². The summed E-state index contributed by atoms with van der Waals surface area (Å²) in [4.78, 5) is 27.1. The number of hydrogen-bond acceptors (Lipinski definition) is 5. The number of methoxy groups -OCH3 is 1. The van der Waals surface area contributed by atoms with Crippen LogP contribution in [-0.2, 0) is 14.3 Å². The Morgan fingerprint density at radius 3 is 2.59 bits per heavy atom. The molecule has 7 heteroatoms. The number of rotatable bonds is 10. The Kier molecular flexibility index (Phi) is 8.00. The second kappa shape index (κ2) is 10.9. The van der Waals surface area contributed by atoms with Gasteiger partial charge in [0.2, 0.25) is 0 Å². The largest absolute Gasteiger partial charge is 0.507 e. The van der Waals surface area contributed by atoms with Crippen molar-refractivity contribution in [1.82, 2.24) is 4.90 Å². The number of carbonyl (C=O) groups is 2. The van der Waals surface area contributed by atoms with Crippen molar-refractivity contribution >= 4 is 17.4 Å². The number of unbranched alkanes of at least 4 members (excludes halogenated alkanes) is 1. The average Bonchev–Trinajstić information content (AvgIpc) is 3.04. The van der Waals surface area contributed by atoms with Crippen LogP contribution in [0.3, 0.4) is 0 Å². The lowest BCUT2D eigenvalue weighted by atomic mass is 9.95. The molecule has 0 spiro atoms. The predicted molar refractivity (Wildman–Crippen MR) is 119 cm³/mol. The minimum Gasteiger partial charge on any atom is -0.507 e. The van der Waals surface area contributed by atoms with Crippen molar-refractivity contribution in [3.8, 4) is 5.75 Å². The van der Waals surface area contributed by atoms with Crippen LogP contribution in [0.5, 0.6) is 5.75 Å². The number of Topliss-reactive ketones (excluding diaryl/α,β-unsaturated/α-hetero) is 1. The third kappa shape index (κ3) is 4.99. The predicted octanol–water partition coefficient (Wildman–Crippen LogP) is 4.46. The number of ketones is 1. The maximum Gasteiger partial charge on any atom is 0.295 e. The summed E-state index contributed by atoms with van der Waals surface area (Å²) in [7, 11) is 1.54. The lowest BCUT2D eigenvalue weighted by Crippen LogP contribution is -2.31. The van der Waals surface area contributed by atoms with Gasteiger partial charge in [-0.1, -0.05) is 43.7 Å². The van der Waals surface area contributed by atoms with E-state index in [9.17, 15) is 19.1 Å². The van der Waals surface area contributed by atoms with Crippen LogP contribution < -0.4 is 4.74 Å². The Labute approximate surface area is 187 Å². The van der Waals surface area contributed by atoms with E-state index in [0.717, 1.165) is 12.8 Å². The molecule has 32 heavy (non-hydrogen) atoms. The van der Waals surface area contributed by atoms with E-state index in [-0.39, 0.29) is 23.4 Å². The minimum atomic E-state index is -1.03. The lowest BCUT2D eigenvalue weighted by molar-refractivity contribution is -0.140.